The van der Waals surface area contributed by atoms with E-state index in [1.54, 1.807) is 12.1 Å². The monoisotopic (exact) mass is 317 g/mol. The molecule has 1 aromatic rings. The maximum atomic E-state index is 11.6. The predicted octanol–water partition coefficient (Wildman–Crippen LogP) is 1.18. The summed E-state index contributed by atoms with van der Waals surface area (Å²) in [5, 5.41) is 7.92. The van der Waals surface area contributed by atoms with E-state index in [4.69, 9.17) is 23.2 Å². The molecule has 108 valence electrons. The smallest absolute Gasteiger partial charge is 0.243 e. The Kier molecular flexibility index (Phi) is 6.27. The van der Waals surface area contributed by atoms with Gasteiger partial charge in [-0.2, -0.15) is 0 Å². The Balaban J connectivity index is 2.38. The van der Waals surface area contributed by atoms with Gasteiger partial charge in [0.1, 0.15) is 0 Å². The lowest BCUT2D eigenvalue weighted by molar-refractivity contribution is -0.126. The summed E-state index contributed by atoms with van der Waals surface area (Å²) in [6.45, 7) is 0.915. The van der Waals surface area contributed by atoms with Crippen LogP contribution in [0.3, 0.4) is 0 Å². The summed E-state index contributed by atoms with van der Waals surface area (Å²) >= 11 is 11.5. The number of anilines is 1. The second-order valence-electron chi connectivity index (χ2n) is 3.86. The highest BCUT2D eigenvalue weighted by Crippen LogP contribution is 2.24. The normalized spacial score (nSPS) is 9.75. The molecule has 0 aliphatic rings. The largest absolute Gasteiger partial charge is 0.347 e. The number of hydrogen-bond donors (Lipinski definition) is 3. The van der Waals surface area contributed by atoms with E-state index in [2.05, 4.69) is 16.0 Å². The van der Waals surface area contributed by atoms with Crippen molar-refractivity contribution >= 4 is 46.6 Å². The maximum Gasteiger partial charge on any atom is 0.243 e. The van der Waals surface area contributed by atoms with Gasteiger partial charge in [0, 0.05) is 12.6 Å². The Hall–Kier alpha value is -1.79. The van der Waals surface area contributed by atoms with Crippen molar-refractivity contribution in [1.29, 1.82) is 0 Å². The molecule has 0 aliphatic carbocycles. The van der Waals surface area contributed by atoms with Crippen molar-refractivity contribution in [3.05, 3.63) is 28.2 Å². The number of carbonyl (C=O) groups is 3. The van der Waals surface area contributed by atoms with Gasteiger partial charge < -0.3 is 16.0 Å². The Morgan fingerprint density at radius 2 is 1.65 bits per heavy atom. The average molecular weight is 318 g/mol. The third-order valence-electron chi connectivity index (χ3n) is 2.15. The van der Waals surface area contributed by atoms with Crippen molar-refractivity contribution in [2.45, 2.75) is 6.92 Å². The highest BCUT2D eigenvalue weighted by atomic mass is 35.5. The topological polar surface area (TPSA) is 87.3 Å². The number of hydrogen-bond acceptors (Lipinski definition) is 3. The number of amides is 3. The number of rotatable bonds is 5. The molecule has 0 heterocycles. The van der Waals surface area contributed by atoms with Crippen molar-refractivity contribution in [2.24, 2.45) is 0 Å². The molecule has 0 aliphatic heterocycles. The quantitative estimate of drug-likeness (QED) is 0.762. The summed E-state index contributed by atoms with van der Waals surface area (Å²) in [4.78, 5) is 33.4. The van der Waals surface area contributed by atoms with E-state index in [9.17, 15) is 14.4 Å². The third-order valence-corrected chi connectivity index (χ3v) is 2.89. The molecule has 0 aromatic heterocycles. The first-order valence-corrected chi connectivity index (χ1v) is 6.40. The minimum atomic E-state index is -0.454. The minimum Gasteiger partial charge on any atom is -0.347 e. The lowest BCUT2D eigenvalue weighted by Crippen LogP contribution is -2.39. The lowest BCUT2D eigenvalue weighted by atomic mass is 10.3. The molecule has 0 fully saturated rings. The first-order chi connectivity index (χ1) is 9.38. The van der Waals surface area contributed by atoms with Crippen LogP contribution < -0.4 is 16.0 Å². The molecule has 0 atom stereocenters. The van der Waals surface area contributed by atoms with Gasteiger partial charge in [0.25, 0.3) is 0 Å². The van der Waals surface area contributed by atoms with Crippen molar-refractivity contribution in [3.63, 3.8) is 0 Å². The van der Waals surface area contributed by atoms with Gasteiger partial charge in [0.15, 0.2) is 0 Å². The van der Waals surface area contributed by atoms with E-state index in [1.807, 2.05) is 0 Å². The molecule has 1 rings (SSSR count). The van der Waals surface area contributed by atoms with Crippen LogP contribution in [0.1, 0.15) is 6.92 Å². The summed E-state index contributed by atoms with van der Waals surface area (Å²) in [6.07, 6.45) is 0. The summed E-state index contributed by atoms with van der Waals surface area (Å²) in [6, 6.07) is 4.64. The summed E-state index contributed by atoms with van der Waals surface area (Å²) in [7, 11) is 0. The summed E-state index contributed by atoms with van der Waals surface area (Å²) in [5.41, 5.74) is 0.473. The van der Waals surface area contributed by atoms with E-state index in [0.717, 1.165) is 0 Å². The zero-order valence-corrected chi connectivity index (χ0v) is 12.1. The zero-order valence-electron chi connectivity index (χ0n) is 10.6. The van der Waals surface area contributed by atoms with Crippen LogP contribution in [0.15, 0.2) is 18.2 Å². The van der Waals surface area contributed by atoms with Crippen molar-refractivity contribution in [3.8, 4) is 0 Å². The van der Waals surface area contributed by atoms with E-state index >= 15 is 0 Å². The van der Waals surface area contributed by atoms with Crippen molar-refractivity contribution < 1.29 is 14.4 Å². The van der Waals surface area contributed by atoms with Crippen LogP contribution in [-0.4, -0.2) is 30.8 Å². The molecular formula is C12H13Cl2N3O3. The Labute approximate surface area is 125 Å². The number of halogens is 2. The van der Waals surface area contributed by atoms with Crippen LogP contribution in [0.2, 0.25) is 10.0 Å². The molecule has 0 bridgehead atoms. The van der Waals surface area contributed by atoms with Crippen LogP contribution in [0.4, 0.5) is 5.69 Å². The fraction of sp³-hybridized carbons (Fsp3) is 0.250. The number of carbonyl (C=O) groups excluding carboxylic acids is 3. The van der Waals surface area contributed by atoms with Gasteiger partial charge in [0.2, 0.25) is 17.7 Å². The molecule has 3 amide bonds. The van der Waals surface area contributed by atoms with Crippen molar-refractivity contribution in [1.82, 2.24) is 10.6 Å². The van der Waals surface area contributed by atoms with Gasteiger partial charge in [-0.3, -0.25) is 14.4 Å². The summed E-state index contributed by atoms with van der Waals surface area (Å²) < 4.78 is 0. The van der Waals surface area contributed by atoms with Gasteiger partial charge in [-0.25, -0.2) is 0 Å². The van der Waals surface area contributed by atoms with Gasteiger partial charge in [0.05, 0.1) is 23.1 Å². The van der Waals surface area contributed by atoms with E-state index in [-0.39, 0.29) is 19.0 Å². The molecule has 0 saturated carbocycles. The standard InChI is InChI=1S/C12H13Cl2N3O3/c1-7(18)15-5-11(19)16-6-12(20)17-8-2-3-9(13)10(14)4-8/h2-4H,5-6H2,1H3,(H,15,18)(H,16,19)(H,17,20). The van der Waals surface area contributed by atoms with Gasteiger partial charge in [-0.1, -0.05) is 23.2 Å². The fourth-order valence-corrected chi connectivity index (χ4v) is 1.52. The number of benzene rings is 1. The second-order valence-corrected chi connectivity index (χ2v) is 4.68. The first kappa shape index (κ1) is 16.3. The van der Waals surface area contributed by atoms with Crippen LogP contribution in [0.5, 0.6) is 0 Å². The fourth-order valence-electron chi connectivity index (χ4n) is 1.23. The minimum absolute atomic E-state index is 0.171. The van der Waals surface area contributed by atoms with Crippen LogP contribution in [0, 0.1) is 0 Å². The van der Waals surface area contributed by atoms with Crippen LogP contribution in [0.25, 0.3) is 0 Å². The zero-order chi connectivity index (χ0) is 15.1. The third kappa shape index (κ3) is 5.90. The molecule has 8 heteroatoms. The van der Waals surface area contributed by atoms with E-state index < -0.39 is 11.8 Å². The maximum absolute atomic E-state index is 11.6. The highest BCUT2D eigenvalue weighted by Gasteiger charge is 2.07. The molecule has 0 unspecified atom stereocenters. The second kappa shape index (κ2) is 7.72. The van der Waals surface area contributed by atoms with Gasteiger partial charge in [-0.15, -0.1) is 0 Å². The van der Waals surface area contributed by atoms with Gasteiger partial charge >= 0.3 is 0 Å². The highest BCUT2D eigenvalue weighted by molar-refractivity contribution is 6.42. The Morgan fingerprint density at radius 3 is 2.25 bits per heavy atom. The molecular weight excluding hydrogens is 305 g/mol. The van der Waals surface area contributed by atoms with E-state index in [1.165, 1.54) is 13.0 Å². The van der Waals surface area contributed by atoms with Crippen molar-refractivity contribution in [2.75, 3.05) is 18.4 Å². The van der Waals surface area contributed by atoms with E-state index in [0.29, 0.717) is 15.7 Å². The first-order valence-electron chi connectivity index (χ1n) is 5.64. The molecule has 0 saturated heterocycles. The lowest BCUT2D eigenvalue weighted by Gasteiger charge is -2.08. The summed E-state index contributed by atoms with van der Waals surface area (Å²) in [5.74, 6) is -1.19. The van der Waals surface area contributed by atoms with Crippen LogP contribution in [-0.2, 0) is 14.4 Å². The number of nitrogens with one attached hydrogen (secondary N) is 3. The average Bonchev–Trinajstić information content (AvgIpc) is 2.38. The van der Waals surface area contributed by atoms with Gasteiger partial charge in [-0.05, 0) is 18.2 Å². The van der Waals surface area contributed by atoms with Crippen LogP contribution >= 0.6 is 23.2 Å². The molecule has 20 heavy (non-hydrogen) atoms. The SMILES string of the molecule is CC(=O)NCC(=O)NCC(=O)Nc1ccc(Cl)c(Cl)c1. The Morgan fingerprint density at radius 1 is 1.00 bits per heavy atom. The molecule has 0 spiro atoms. The molecule has 6 nitrogen and oxygen atoms in total. The Bertz CT molecular complexity index is 535. The molecule has 3 N–H and O–H groups in total. The molecule has 0 radical (unpaired) electrons. The molecule has 1 aromatic carbocycles. The predicted molar refractivity (Wildman–Crippen MR) is 76.8 cm³/mol.